The summed E-state index contributed by atoms with van der Waals surface area (Å²) in [5.74, 6) is -1.92. The van der Waals surface area contributed by atoms with E-state index in [-0.39, 0.29) is 10.6 Å². The van der Waals surface area contributed by atoms with Crippen molar-refractivity contribution in [3.63, 3.8) is 0 Å². The second-order valence-corrected chi connectivity index (χ2v) is 7.64. The summed E-state index contributed by atoms with van der Waals surface area (Å²) < 4.78 is 40.0. The average Bonchev–Trinajstić information content (AvgIpc) is 2.62. The van der Waals surface area contributed by atoms with Crippen LogP contribution in [0.2, 0.25) is 0 Å². The molecular formula is C18H20FN3O4S. The fraction of sp³-hybridized carbons (Fsp3) is 0.222. The summed E-state index contributed by atoms with van der Waals surface area (Å²) in [5, 5.41) is 4.57. The van der Waals surface area contributed by atoms with Crippen molar-refractivity contribution in [3.05, 3.63) is 59.4 Å². The first-order valence-corrected chi connectivity index (χ1v) is 9.55. The van der Waals surface area contributed by atoms with Gasteiger partial charge in [-0.05, 0) is 49.2 Å². The summed E-state index contributed by atoms with van der Waals surface area (Å²) in [7, 11) is -3.85. The van der Waals surface area contributed by atoms with Crippen LogP contribution < -0.4 is 15.4 Å². The van der Waals surface area contributed by atoms with Gasteiger partial charge in [0.15, 0.2) is 0 Å². The zero-order valence-corrected chi connectivity index (χ0v) is 15.7. The number of rotatable bonds is 7. The highest BCUT2D eigenvalue weighted by atomic mass is 32.2. The topological polar surface area (TPSA) is 104 Å². The van der Waals surface area contributed by atoms with E-state index in [9.17, 15) is 22.4 Å². The Balaban J connectivity index is 1.84. The molecule has 2 amide bonds. The molecule has 0 saturated carbocycles. The van der Waals surface area contributed by atoms with Crippen molar-refractivity contribution in [2.45, 2.75) is 18.7 Å². The van der Waals surface area contributed by atoms with E-state index in [0.29, 0.717) is 0 Å². The first kappa shape index (κ1) is 20.5. The van der Waals surface area contributed by atoms with Crippen LogP contribution in [0.25, 0.3) is 0 Å². The van der Waals surface area contributed by atoms with E-state index in [1.807, 2.05) is 6.92 Å². The van der Waals surface area contributed by atoms with Gasteiger partial charge in [0.1, 0.15) is 5.82 Å². The molecule has 0 spiro atoms. The second-order valence-electron chi connectivity index (χ2n) is 5.88. The number of para-hydroxylation sites is 1. The molecule has 0 aliphatic carbocycles. The maximum Gasteiger partial charge on any atom is 0.243 e. The molecule has 0 bridgehead atoms. The molecule has 0 aliphatic rings. The summed E-state index contributed by atoms with van der Waals surface area (Å²) in [4.78, 5) is 23.6. The Hall–Kier alpha value is -2.78. The molecule has 0 unspecified atom stereocenters. The van der Waals surface area contributed by atoms with Gasteiger partial charge in [0.25, 0.3) is 0 Å². The second kappa shape index (κ2) is 8.74. The van der Waals surface area contributed by atoms with E-state index in [1.165, 1.54) is 30.3 Å². The minimum absolute atomic E-state index is 0.00723. The number of halogens is 1. The number of sulfonamides is 1. The number of hydrogen-bond acceptors (Lipinski definition) is 4. The maximum atomic E-state index is 13.4. The number of carbonyl (C=O) groups excluding carboxylic acids is 2. The third kappa shape index (κ3) is 5.87. The number of aryl methyl sites for hydroxylation is 2. The monoisotopic (exact) mass is 393 g/mol. The van der Waals surface area contributed by atoms with E-state index in [1.54, 1.807) is 19.1 Å². The summed E-state index contributed by atoms with van der Waals surface area (Å²) >= 11 is 0. The fourth-order valence-corrected chi connectivity index (χ4v) is 3.19. The van der Waals surface area contributed by atoms with Crippen molar-refractivity contribution in [3.8, 4) is 0 Å². The molecule has 144 valence electrons. The van der Waals surface area contributed by atoms with E-state index in [2.05, 4.69) is 15.4 Å². The van der Waals surface area contributed by atoms with E-state index in [4.69, 9.17) is 0 Å². The Morgan fingerprint density at radius 1 is 0.963 bits per heavy atom. The average molecular weight is 393 g/mol. The zero-order valence-electron chi connectivity index (χ0n) is 14.9. The lowest BCUT2D eigenvalue weighted by atomic mass is 10.1. The lowest BCUT2D eigenvalue weighted by molar-refractivity contribution is -0.123. The highest BCUT2D eigenvalue weighted by Gasteiger charge is 2.16. The molecule has 2 aromatic rings. The quantitative estimate of drug-likeness (QED) is 0.663. The Morgan fingerprint density at radius 3 is 2.33 bits per heavy atom. The predicted molar refractivity (Wildman–Crippen MR) is 99.1 cm³/mol. The smallest absolute Gasteiger partial charge is 0.243 e. The number of benzene rings is 2. The third-order valence-corrected chi connectivity index (χ3v) is 5.20. The van der Waals surface area contributed by atoms with Gasteiger partial charge in [0.05, 0.1) is 23.7 Å². The molecule has 0 saturated heterocycles. The molecular weight excluding hydrogens is 373 g/mol. The minimum atomic E-state index is -3.85. The maximum absolute atomic E-state index is 13.4. The van der Waals surface area contributed by atoms with Gasteiger partial charge in [-0.25, -0.2) is 17.5 Å². The van der Waals surface area contributed by atoms with Crippen LogP contribution in [0.4, 0.5) is 10.1 Å². The van der Waals surface area contributed by atoms with Crippen molar-refractivity contribution >= 4 is 27.5 Å². The highest BCUT2D eigenvalue weighted by molar-refractivity contribution is 7.89. The van der Waals surface area contributed by atoms with Gasteiger partial charge in [-0.1, -0.05) is 18.2 Å². The van der Waals surface area contributed by atoms with E-state index >= 15 is 0 Å². The molecule has 2 aromatic carbocycles. The summed E-state index contributed by atoms with van der Waals surface area (Å²) in [6, 6.07) is 10.2. The first-order chi connectivity index (χ1) is 12.7. The van der Waals surface area contributed by atoms with Crippen molar-refractivity contribution in [1.29, 1.82) is 0 Å². The van der Waals surface area contributed by atoms with Crippen LogP contribution in [-0.2, 0) is 19.6 Å². The first-order valence-electron chi connectivity index (χ1n) is 8.07. The number of anilines is 1. The molecule has 0 aliphatic heterocycles. The molecule has 0 heterocycles. The minimum Gasteiger partial charge on any atom is -0.346 e. The molecule has 3 N–H and O–H groups in total. The standard InChI is InChI=1S/C18H20FN3O4S/c1-12-7-8-14(9-13(12)2)27(25,26)21-11-17(23)20-10-18(24)22-16-6-4-3-5-15(16)19/h3-9,21H,10-11H2,1-2H3,(H,20,23)(H,22,24). The Bertz CT molecular complexity index is 961. The van der Waals surface area contributed by atoms with Gasteiger partial charge in [-0.2, -0.15) is 0 Å². The van der Waals surface area contributed by atoms with Crippen molar-refractivity contribution in [2.75, 3.05) is 18.4 Å². The molecule has 0 radical (unpaired) electrons. The molecule has 0 fully saturated rings. The number of nitrogens with one attached hydrogen (secondary N) is 3. The Kier molecular flexibility index (Phi) is 6.65. The third-order valence-electron chi connectivity index (χ3n) is 3.81. The van der Waals surface area contributed by atoms with Gasteiger partial charge >= 0.3 is 0 Å². The summed E-state index contributed by atoms with van der Waals surface area (Å²) in [6.45, 7) is 2.70. The van der Waals surface area contributed by atoms with Gasteiger partial charge < -0.3 is 10.6 Å². The van der Waals surface area contributed by atoms with Crippen molar-refractivity contribution < 1.29 is 22.4 Å². The molecule has 0 atom stereocenters. The van der Waals surface area contributed by atoms with Crippen LogP contribution in [0.3, 0.4) is 0 Å². The Labute approximate surface area is 157 Å². The van der Waals surface area contributed by atoms with Crippen LogP contribution in [0.5, 0.6) is 0 Å². The highest BCUT2D eigenvalue weighted by Crippen LogP contribution is 2.14. The molecule has 27 heavy (non-hydrogen) atoms. The van der Waals surface area contributed by atoms with Crippen LogP contribution in [0.1, 0.15) is 11.1 Å². The fourth-order valence-electron chi connectivity index (χ4n) is 2.12. The zero-order chi connectivity index (χ0) is 20.0. The normalized spacial score (nSPS) is 11.1. The van der Waals surface area contributed by atoms with Crippen LogP contribution in [0, 0.1) is 19.7 Å². The predicted octanol–water partition coefficient (Wildman–Crippen LogP) is 1.48. The van der Waals surface area contributed by atoms with Crippen molar-refractivity contribution in [2.24, 2.45) is 0 Å². The summed E-state index contributed by atoms with van der Waals surface area (Å²) in [6.07, 6.45) is 0. The van der Waals surface area contributed by atoms with E-state index in [0.717, 1.165) is 11.1 Å². The van der Waals surface area contributed by atoms with Gasteiger partial charge in [0, 0.05) is 0 Å². The lowest BCUT2D eigenvalue weighted by Crippen LogP contribution is -2.40. The van der Waals surface area contributed by atoms with Gasteiger partial charge in [0.2, 0.25) is 21.8 Å². The number of hydrogen-bond donors (Lipinski definition) is 3. The van der Waals surface area contributed by atoms with Crippen LogP contribution in [-0.4, -0.2) is 33.3 Å². The van der Waals surface area contributed by atoms with E-state index < -0.39 is 40.7 Å². The largest absolute Gasteiger partial charge is 0.346 e. The lowest BCUT2D eigenvalue weighted by Gasteiger charge is -2.10. The number of amides is 2. The van der Waals surface area contributed by atoms with Gasteiger partial charge in [-0.15, -0.1) is 0 Å². The SMILES string of the molecule is Cc1ccc(S(=O)(=O)NCC(=O)NCC(=O)Nc2ccccc2F)cc1C. The Morgan fingerprint density at radius 2 is 1.67 bits per heavy atom. The van der Waals surface area contributed by atoms with Gasteiger partial charge in [-0.3, -0.25) is 9.59 Å². The number of carbonyl (C=O) groups is 2. The molecule has 2 rings (SSSR count). The molecule has 9 heteroatoms. The van der Waals surface area contributed by atoms with Crippen molar-refractivity contribution in [1.82, 2.24) is 10.0 Å². The molecule has 0 aromatic heterocycles. The molecule has 7 nitrogen and oxygen atoms in total. The van der Waals surface area contributed by atoms with Crippen LogP contribution in [0.15, 0.2) is 47.4 Å². The summed E-state index contributed by atoms with van der Waals surface area (Å²) in [5.41, 5.74) is 1.76. The van der Waals surface area contributed by atoms with Crippen LogP contribution >= 0.6 is 0 Å².